The molecule has 0 aromatic heterocycles. The lowest BCUT2D eigenvalue weighted by atomic mass is 10.0. The number of nitriles is 2. The molecule has 0 radical (unpaired) electrons. The van der Waals surface area contributed by atoms with Gasteiger partial charge >= 0.3 is 0 Å². The van der Waals surface area contributed by atoms with Gasteiger partial charge in [-0.3, -0.25) is 0 Å². The number of hydrogen-bond donors (Lipinski definition) is 1. The summed E-state index contributed by atoms with van der Waals surface area (Å²) < 4.78 is 5.90. The van der Waals surface area contributed by atoms with Crippen LogP contribution in [0.2, 0.25) is 0 Å². The quantitative estimate of drug-likeness (QED) is 0.614. The van der Waals surface area contributed by atoms with Crippen LogP contribution in [0.1, 0.15) is 5.56 Å². The smallest absolute Gasteiger partial charge is 0.145 e. The third-order valence-corrected chi connectivity index (χ3v) is 3.90. The van der Waals surface area contributed by atoms with E-state index in [1.807, 2.05) is 91.0 Å². The summed E-state index contributed by atoms with van der Waals surface area (Å²) in [6.07, 6.45) is 1.40. The number of nitrogens with one attached hydrogen (secondary N) is 1. The molecular weight excluding hydrogens is 334 g/mol. The molecule has 0 aliphatic rings. The normalized spacial score (nSPS) is 9.56. The van der Waals surface area contributed by atoms with Crippen molar-refractivity contribution in [2.45, 2.75) is 6.61 Å². The standard InChI is InChI=1S/C23H17N3O/c24-14-19(15-25)16-26-22-10-4-8-20(12-22)21-9-5-11-23(13-21)27-17-18-6-2-1-3-7-18/h1-13,16,26H,17H2. The van der Waals surface area contributed by atoms with Gasteiger partial charge in [0.25, 0.3) is 0 Å². The third kappa shape index (κ3) is 4.98. The van der Waals surface area contributed by atoms with E-state index in [9.17, 15) is 0 Å². The van der Waals surface area contributed by atoms with Crippen molar-refractivity contribution >= 4 is 5.69 Å². The van der Waals surface area contributed by atoms with Crippen LogP contribution in [0.3, 0.4) is 0 Å². The predicted octanol–water partition coefficient (Wildman–Crippen LogP) is 5.28. The fourth-order valence-electron chi connectivity index (χ4n) is 2.54. The van der Waals surface area contributed by atoms with Crippen molar-refractivity contribution in [2.24, 2.45) is 0 Å². The zero-order valence-corrected chi connectivity index (χ0v) is 14.6. The van der Waals surface area contributed by atoms with Crippen LogP contribution >= 0.6 is 0 Å². The summed E-state index contributed by atoms with van der Waals surface area (Å²) in [4.78, 5) is 0. The highest BCUT2D eigenvalue weighted by molar-refractivity contribution is 5.69. The molecule has 3 aromatic rings. The van der Waals surface area contributed by atoms with Gasteiger partial charge in [-0.1, -0.05) is 54.6 Å². The molecule has 0 fully saturated rings. The Bertz CT molecular complexity index is 1010. The lowest BCUT2D eigenvalue weighted by molar-refractivity contribution is 0.306. The van der Waals surface area contributed by atoms with Crippen molar-refractivity contribution in [1.82, 2.24) is 0 Å². The summed E-state index contributed by atoms with van der Waals surface area (Å²) in [7, 11) is 0. The largest absolute Gasteiger partial charge is 0.489 e. The molecule has 0 heterocycles. The summed E-state index contributed by atoms with van der Waals surface area (Å²) >= 11 is 0. The van der Waals surface area contributed by atoms with Crippen molar-refractivity contribution in [3.8, 4) is 29.0 Å². The molecule has 0 amide bonds. The zero-order valence-electron chi connectivity index (χ0n) is 14.6. The van der Waals surface area contributed by atoms with Crippen LogP contribution in [0.4, 0.5) is 5.69 Å². The number of anilines is 1. The molecule has 27 heavy (non-hydrogen) atoms. The highest BCUT2D eigenvalue weighted by Crippen LogP contribution is 2.26. The Balaban J connectivity index is 1.75. The van der Waals surface area contributed by atoms with Gasteiger partial charge in [-0.05, 0) is 41.0 Å². The second-order valence-corrected chi connectivity index (χ2v) is 5.81. The van der Waals surface area contributed by atoms with Crippen LogP contribution in [-0.2, 0) is 6.61 Å². The molecule has 130 valence electrons. The van der Waals surface area contributed by atoms with Crippen LogP contribution in [-0.4, -0.2) is 0 Å². The highest BCUT2D eigenvalue weighted by atomic mass is 16.5. The second kappa shape index (κ2) is 8.89. The van der Waals surface area contributed by atoms with E-state index in [0.717, 1.165) is 28.1 Å². The van der Waals surface area contributed by atoms with Crippen molar-refractivity contribution in [3.05, 3.63) is 96.2 Å². The van der Waals surface area contributed by atoms with Crippen LogP contribution in [0.5, 0.6) is 5.75 Å². The first-order valence-corrected chi connectivity index (χ1v) is 8.42. The molecule has 1 N–H and O–H groups in total. The molecule has 0 aliphatic carbocycles. The fraction of sp³-hybridized carbons (Fsp3) is 0.0435. The first kappa shape index (κ1) is 17.8. The van der Waals surface area contributed by atoms with Crippen molar-refractivity contribution < 1.29 is 4.74 Å². The molecule has 0 unspecified atom stereocenters. The Morgan fingerprint density at radius 1 is 0.852 bits per heavy atom. The fourth-order valence-corrected chi connectivity index (χ4v) is 2.54. The second-order valence-electron chi connectivity index (χ2n) is 5.81. The van der Waals surface area contributed by atoms with Gasteiger partial charge in [0.05, 0.1) is 0 Å². The van der Waals surface area contributed by atoms with E-state index in [2.05, 4.69) is 5.32 Å². The van der Waals surface area contributed by atoms with Crippen LogP contribution in [0.25, 0.3) is 11.1 Å². The minimum Gasteiger partial charge on any atom is -0.489 e. The molecule has 3 rings (SSSR count). The Hall–Kier alpha value is -4.02. The van der Waals surface area contributed by atoms with Crippen LogP contribution < -0.4 is 10.1 Å². The van der Waals surface area contributed by atoms with Gasteiger partial charge in [0.1, 0.15) is 30.1 Å². The minimum atomic E-state index is 0.0247. The van der Waals surface area contributed by atoms with Gasteiger partial charge in [0.15, 0.2) is 0 Å². The molecule has 3 aromatic carbocycles. The number of ether oxygens (including phenoxy) is 1. The van der Waals surface area contributed by atoms with Crippen LogP contribution in [0, 0.1) is 22.7 Å². The Kier molecular flexibility index (Phi) is 5.86. The minimum absolute atomic E-state index is 0.0247. The Morgan fingerprint density at radius 3 is 2.30 bits per heavy atom. The van der Waals surface area contributed by atoms with E-state index in [-0.39, 0.29) is 5.57 Å². The lowest BCUT2D eigenvalue weighted by Crippen LogP contribution is -1.95. The van der Waals surface area contributed by atoms with E-state index in [0.29, 0.717) is 6.61 Å². The Morgan fingerprint density at radius 2 is 1.56 bits per heavy atom. The van der Waals surface area contributed by atoms with E-state index in [1.54, 1.807) is 0 Å². The van der Waals surface area contributed by atoms with E-state index < -0.39 is 0 Å². The summed E-state index contributed by atoms with van der Waals surface area (Å²) in [6.45, 7) is 0.516. The SMILES string of the molecule is N#CC(C#N)=CNc1cccc(-c2cccc(OCc3ccccc3)c2)c1. The predicted molar refractivity (Wildman–Crippen MR) is 106 cm³/mol. The summed E-state index contributed by atoms with van der Waals surface area (Å²) in [5, 5.41) is 20.6. The Labute approximate surface area is 158 Å². The van der Waals surface area contributed by atoms with Crippen molar-refractivity contribution in [1.29, 1.82) is 10.5 Å². The topological polar surface area (TPSA) is 68.8 Å². The monoisotopic (exact) mass is 351 g/mol. The zero-order chi connectivity index (χ0) is 18.9. The van der Waals surface area contributed by atoms with Gasteiger partial charge in [-0.15, -0.1) is 0 Å². The third-order valence-electron chi connectivity index (χ3n) is 3.90. The number of allylic oxidation sites excluding steroid dienone is 1. The molecule has 0 aliphatic heterocycles. The number of rotatable bonds is 6. The molecule has 0 spiro atoms. The highest BCUT2D eigenvalue weighted by Gasteiger charge is 2.02. The summed E-state index contributed by atoms with van der Waals surface area (Å²) in [5.41, 5.74) is 3.97. The van der Waals surface area contributed by atoms with Crippen molar-refractivity contribution in [3.63, 3.8) is 0 Å². The van der Waals surface area contributed by atoms with Gasteiger partial charge < -0.3 is 10.1 Å². The summed E-state index contributed by atoms with van der Waals surface area (Å²) in [5.74, 6) is 0.797. The molecule has 0 atom stereocenters. The lowest BCUT2D eigenvalue weighted by Gasteiger charge is -2.09. The van der Waals surface area contributed by atoms with Crippen LogP contribution in [0.15, 0.2) is 90.6 Å². The maximum absolute atomic E-state index is 8.81. The number of benzene rings is 3. The molecule has 4 heteroatoms. The van der Waals surface area contributed by atoms with E-state index >= 15 is 0 Å². The maximum atomic E-state index is 8.81. The van der Waals surface area contributed by atoms with Crippen molar-refractivity contribution in [2.75, 3.05) is 5.32 Å². The molecular formula is C23H17N3O. The van der Waals surface area contributed by atoms with Gasteiger partial charge in [-0.2, -0.15) is 10.5 Å². The van der Waals surface area contributed by atoms with Gasteiger partial charge in [-0.25, -0.2) is 0 Å². The average Bonchev–Trinajstić information content (AvgIpc) is 2.74. The first-order valence-electron chi connectivity index (χ1n) is 8.42. The summed E-state index contributed by atoms with van der Waals surface area (Å²) in [6, 6.07) is 29.3. The molecule has 0 saturated carbocycles. The number of hydrogen-bond acceptors (Lipinski definition) is 4. The van der Waals surface area contributed by atoms with E-state index in [4.69, 9.17) is 15.3 Å². The number of nitrogens with zero attached hydrogens (tertiary/aromatic N) is 2. The van der Waals surface area contributed by atoms with Gasteiger partial charge in [0, 0.05) is 11.9 Å². The maximum Gasteiger partial charge on any atom is 0.145 e. The molecule has 0 bridgehead atoms. The van der Waals surface area contributed by atoms with E-state index in [1.165, 1.54) is 6.20 Å². The molecule has 4 nitrogen and oxygen atoms in total. The van der Waals surface area contributed by atoms with Gasteiger partial charge in [0.2, 0.25) is 0 Å². The average molecular weight is 351 g/mol. The molecule has 0 saturated heterocycles. The first-order chi connectivity index (χ1) is 13.3.